The fourth-order valence-corrected chi connectivity index (χ4v) is 4.98. The number of carbonyl (C=O) groups excluding carboxylic acids is 3. The van der Waals surface area contributed by atoms with E-state index in [0.717, 1.165) is 37.0 Å². The maximum absolute atomic E-state index is 13.8. The first kappa shape index (κ1) is 22.8. The van der Waals surface area contributed by atoms with Crippen molar-refractivity contribution in [1.82, 2.24) is 0 Å². The monoisotopic (exact) mass is 472 g/mol. The Labute approximate surface area is 202 Å². The lowest BCUT2D eigenvalue weighted by Crippen LogP contribution is -2.30. The number of hydrogen-bond donors (Lipinski definition) is 1. The number of benzene rings is 3. The van der Waals surface area contributed by atoms with Crippen LogP contribution in [-0.4, -0.2) is 30.9 Å². The zero-order valence-electron chi connectivity index (χ0n) is 19.3. The first-order valence-corrected chi connectivity index (χ1v) is 11.7. The molecule has 0 aromatic heterocycles. The number of rotatable bonds is 5. The summed E-state index contributed by atoms with van der Waals surface area (Å²) in [5.41, 5.74) is 2.25. The number of esters is 1. The second-order valence-electron chi connectivity index (χ2n) is 8.86. The van der Waals surface area contributed by atoms with Crippen LogP contribution in [0.1, 0.15) is 63.2 Å². The van der Waals surface area contributed by atoms with Crippen LogP contribution in [0.3, 0.4) is 0 Å². The SMILES string of the molecule is COC(=O)c1cc(-c2ccc(F)cc2)c(NC2CCCCC2)c2c1C(=O)N(c1ccccc1)C2=O. The van der Waals surface area contributed by atoms with E-state index in [0.29, 0.717) is 22.5 Å². The number of methoxy groups -OCH3 is 1. The number of hydrogen-bond acceptors (Lipinski definition) is 5. The van der Waals surface area contributed by atoms with Crippen molar-refractivity contribution < 1.29 is 23.5 Å². The molecule has 1 saturated carbocycles. The van der Waals surface area contributed by atoms with Crippen LogP contribution < -0.4 is 10.2 Å². The van der Waals surface area contributed by atoms with Crippen LogP contribution in [0.2, 0.25) is 0 Å². The molecule has 0 atom stereocenters. The summed E-state index contributed by atoms with van der Waals surface area (Å²) in [5.74, 6) is -2.20. The summed E-state index contributed by atoms with van der Waals surface area (Å²) in [4.78, 5) is 41.3. The van der Waals surface area contributed by atoms with E-state index >= 15 is 0 Å². The molecular weight excluding hydrogens is 447 g/mol. The zero-order chi connectivity index (χ0) is 24.5. The molecule has 0 spiro atoms. The topological polar surface area (TPSA) is 75.7 Å². The lowest BCUT2D eigenvalue weighted by molar-refractivity contribution is 0.0597. The van der Waals surface area contributed by atoms with E-state index in [1.807, 2.05) is 0 Å². The average molecular weight is 473 g/mol. The Hall–Kier alpha value is -4.00. The van der Waals surface area contributed by atoms with Crippen molar-refractivity contribution in [3.05, 3.63) is 83.2 Å². The van der Waals surface area contributed by atoms with E-state index in [9.17, 15) is 18.8 Å². The number of carbonyl (C=O) groups is 3. The van der Waals surface area contributed by atoms with E-state index in [2.05, 4.69) is 5.32 Å². The van der Waals surface area contributed by atoms with Crippen LogP contribution in [0, 0.1) is 5.82 Å². The number of nitrogens with one attached hydrogen (secondary N) is 1. The summed E-state index contributed by atoms with van der Waals surface area (Å²) in [6, 6.07) is 16.2. The Balaban J connectivity index is 1.76. The van der Waals surface area contributed by atoms with Crippen LogP contribution in [0.5, 0.6) is 0 Å². The molecule has 3 aromatic carbocycles. The molecule has 3 aromatic rings. The number of imide groups is 1. The Morgan fingerprint density at radius 2 is 1.60 bits per heavy atom. The average Bonchev–Trinajstić information content (AvgIpc) is 3.15. The molecule has 1 aliphatic heterocycles. The highest BCUT2D eigenvalue weighted by molar-refractivity contribution is 6.38. The summed E-state index contributed by atoms with van der Waals surface area (Å²) >= 11 is 0. The van der Waals surface area contributed by atoms with Crippen molar-refractivity contribution in [3.63, 3.8) is 0 Å². The minimum Gasteiger partial charge on any atom is -0.465 e. The van der Waals surface area contributed by atoms with E-state index < -0.39 is 23.6 Å². The number of amides is 2. The summed E-state index contributed by atoms with van der Waals surface area (Å²) in [7, 11) is 1.23. The molecule has 1 fully saturated rings. The molecule has 1 N–H and O–H groups in total. The van der Waals surface area contributed by atoms with Crippen LogP contribution in [0.15, 0.2) is 60.7 Å². The number of halogens is 1. The number of para-hydroxylation sites is 1. The van der Waals surface area contributed by atoms with Gasteiger partial charge < -0.3 is 10.1 Å². The van der Waals surface area contributed by atoms with Gasteiger partial charge in [0, 0.05) is 11.6 Å². The minimum absolute atomic E-state index is 0.00722. The predicted octanol–water partition coefficient (Wildman–Crippen LogP) is 5.82. The van der Waals surface area contributed by atoms with Crippen LogP contribution in [0.25, 0.3) is 11.1 Å². The molecule has 0 unspecified atom stereocenters. The van der Waals surface area contributed by atoms with Crippen molar-refractivity contribution in [2.45, 2.75) is 38.1 Å². The Kier molecular flexibility index (Phi) is 6.07. The molecule has 1 heterocycles. The van der Waals surface area contributed by atoms with Crippen LogP contribution in [-0.2, 0) is 4.74 Å². The maximum atomic E-state index is 13.8. The maximum Gasteiger partial charge on any atom is 0.338 e. The van der Waals surface area contributed by atoms with Crippen molar-refractivity contribution in [2.75, 3.05) is 17.3 Å². The van der Waals surface area contributed by atoms with Gasteiger partial charge in [0.2, 0.25) is 0 Å². The Morgan fingerprint density at radius 1 is 0.943 bits per heavy atom. The smallest absolute Gasteiger partial charge is 0.338 e. The van der Waals surface area contributed by atoms with Gasteiger partial charge in [-0.2, -0.15) is 0 Å². The van der Waals surface area contributed by atoms with Crippen molar-refractivity contribution >= 4 is 29.2 Å². The first-order valence-electron chi connectivity index (χ1n) is 11.7. The second kappa shape index (κ2) is 9.33. The third-order valence-electron chi connectivity index (χ3n) is 6.69. The van der Waals surface area contributed by atoms with Crippen LogP contribution >= 0.6 is 0 Å². The van der Waals surface area contributed by atoms with Gasteiger partial charge in [-0.05, 0) is 48.7 Å². The molecule has 7 heteroatoms. The van der Waals surface area contributed by atoms with Gasteiger partial charge in [0.25, 0.3) is 11.8 Å². The fraction of sp³-hybridized carbons (Fsp3) is 0.250. The Morgan fingerprint density at radius 3 is 2.26 bits per heavy atom. The lowest BCUT2D eigenvalue weighted by atomic mass is 9.90. The number of ether oxygens (including phenoxy) is 1. The van der Waals surface area contributed by atoms with Gasteiger partial charge in [0.1, 0.15) is 5.82 Å². The molecule has 178 valence electrons. The largest absolute Gasteiger partial charge is 0.465 e. The van der Waals surface area contributed by atoms with Gasteiger partial charge >= 0.3 is 5.97 Å². The van der Waals surface area contributed by atoms with E-state index in [1.54, 1.807) is 48.5 Å². The van der Waals surface area contributed by atoms with Gasteiger partial charge in [0.05, 0.1) is 35.2 Å². The molecule has 0 radical (unpaired) electrons. The van der Waals surface area contributed by atoms with Crippen LogP contribution in [0.4, 0.5) is 15.8 Å². The normalized spacial score (nSPS) is 15.8. The quantitative estimate of drug-likeness (QED) is 0.374. The van der Waals surface area contributed by atoms with E-state index in [4.69, 9.17) is 4.74 Å². The standard InChI is InChI=1S/C28H25FN2O4/c1-35-28(34)22-16-21(17-12-14-18(29)15-13-17)25(30-19-8-4-2-5-9-19)24-23(22)26(32)31(27(24)33)20-10-6-3-7-11-20/h3,6-7,10-16,19,30H,2,4-5,8-9H2,1H3. The van der Waals surface area contributed by atoms with E-state index in [-0.39, 0.29) is 22.7 Å². The number of anilines is 2. The summed E-state index contributed by atoms with van der Waals surface area (Å²) in [6.07, 6.45) is 5.15. The molecule has 1 aliphatic carbocycles. The third kappa shape index (κ3) is 4.07. The molecule has 2 amide bonds. The summed E-state index contributed by atoms with van der Waals surface area (Å²) < 4.78 is 18.7. The lowest BCUT2D eigenvalue weighted by Gasteiger charge is -2.27. The van der Waals surface area contributed by atoms with Crippen molar-refractivity contribution in [2.24, 2.45) is 0 Å². The second-order valence-corrected chi connectivity index (χ2v) is 8.86. The summed E-state index contributed by atoms with van der Waals surface area (Å²) in [6.45, 7) is 0. The van der Waals surface area contributed by atoms with Gasteiger partial charge in [-0.25, -0.2) is 14.1 Å². The minimum atomic E-state index is -0.718. The van der Waals surface area contributed by atoms with E-state index in [1.165, 1.54) is 19.2 Å². The van der Waals surface area contributed by atoms with Gasteiger partial charge in [-0.1, -0.05) is 49.6 Å². The predicted molar refractivity (Wildman–Crippen MR) is 131 cm³/mol. The molecular formula is C28H25FN2O4. The molecule has 0 saturated heterocycles. The Bertz CT molecular complexity index is 1300. The fourth-order valence-electron chi connectivity index (χ4n) is 4.98. The summed E-state index contributed by atoms with van der Waals surface area (Å²) in [5, 5.41) is 3.52. The van der Waals surface area contributed by atoms with Gasteiger partial charge in [0.15, 0.2) is 0 Å². The van der Waals surface area contributed by atoms with Gasteiger partial charge in [-0.3, -0.25) is 9.59 Å². The zero-order valence-corrected chi connectivity index (χ0v) is 19.3. The van der Waals surface area contributed by atoms with Crippen molar-refractivity contribution in [1.29, 1.82) is 0 Å². The first-order chi connectivity index (χ1) is 17.0. The molecule has 6 nitrogen and oxygen atoms in total. The molecule has 2 aliphatic rings. The highest BCUT2D eigenvalue weighted by atomic mass is 19.1. The third-order valence-corrected chi connectivity index (χ3v) is 6.69. The number of nitrogens with zero attached hydrogens (tertiary/aromatic N) is 1. The van der Waals surface area contributed by atoms with Gasteiger partial charge in [-0.15, -0.1) is 0 Å². The molecule has 0 bridgehead atoms. The molecule has 35 heavy (non-hydrogen) atoms. The molecule has 5 rings (SSSR count). The highest BCUT2D eigenvalue weighted by Crippen LogP contribution is 2.42. The van der Waals surface area contributed by atoms with Crippen molar-refractivity contribution in [3.8, 4) is 11.1 Å². The highest BCUT2D eigenvalue weighted by Gasteiger charge is 2.43. The number of fused-ring (bicyclic) bond motifs is 1.